The maximum atomic E-state index is 5.52. The Bertz CT molecular complexity index is 344. The molecule has 0 aliphatic carbocycles. The standard InChI is InChI=1S/C15H23NO2/c1-3-16-14(11-15-17-8-9-18-15)10-13-6-4-12(2)5-7-13/h4-7,14-16H,3,8-11H2,1-2H3. The quantitative estimate of drug-likeness (QED) is 0.839. The van der Waals surface area contributed by atoms with Crippen molar-refractivity contribution in [2.75, 3.05) is 19.8 Å². The zero-order valence-corrected chi connectivity index (χ0v) is 11.3. The molecule has 1 N–H and O–H groups in total. The molecule has 3 nitrogen and oxygen atoms in total. The van der Waals surface area contributed by atoms with E-state index in [2.05, 4.69) is 43.4 Å². The van der Waals surface area contributed by atoms with Crippen LogP contribution in [-0.4, -0.2) is 32.1 Å². The van der Waals surface area contributed by atoms with E-state index in [1.54, 1.807) is 0 Å². The number of hydrogen-bond donors (Lipinski definition) is 1. The predicted octanol–water partition coefficient (Wildman–Crippen LogP) is 2.28. The molecule has 0 saturated carbocycles. The Balaban J connectivity index is 1.90. The summed E-state index contributed by atoms with van der Waals surface area (Å²) in [5.74, 6) is 0. The zero-order chi connectivity index (χ0) is 12.8. The molecule has 0 radical (unpaired) electrons. The lowest BCUT2D eigenvalue weighted by Gasteiger charge is -2.20. The summed E-state index contributed by atoms with van der Waals surface area (Å²) in [5.41, 5.74) is 2.67. The van der Waals surface area contributed by atoms with E-state index in [1.165, 1.54) is 11.1 Å². The van der Waals surface area contributed by atoms with Crippen molar-refractivity contribution in [3.63, 3.8) is 0 Å². The molecule has 1 fully saturated rings. The summed E-state index contributed by atoms with van der Waals surface area (Å²) in [6.07, 6.45) is 1.92. The molecule has 1 aromatic carbocycles. The second kappa shape index (κ2) is 6.88. The van der Waals surface area contributed by atoms with Crippen molar-refractivity contribution < 1.29 is 9.47 Å². The van der Waals surface area contributed by atoms with Crippen LogP contribution in [0.25, 0.3) is 0 Å². The van der Waals surface area contributed by atoms with Gasteiger partial charge < -0.3 is 14.8 Å². The molecule has 1 saturated heterocycles. The van der Waals surface area contributed by atoms with Gasteiger partial charge in [0.05, 0.1) is 13.2 Å². The molecule has 1 aromatic rings. The van der Waals surface area contributed by atoms with Gasteiger partial charge in [-0.15, -0.1) is 0 Å². The Morgan fingerprint density at radius 3 is 2.50 bits per heavy atom. The lowest BCUT2D eigenvalue weighted by molar-refractivity contribution is -0.0525. The minimum absolute atomic E-state index is 0.0282. The highest BCUT2D eigenvalue weighted by Gasteiger charge is 2.21. The normalized spacial score (nSPS) is 18.1. The average molecular weight is 249 g/mol. The van der Waals surface area contributed by atoms with E-state index in [-0.39, 0.29) is 6.29 Å². The molecule has 0 bridgehead atoms. The van der Waals surface area contributed by atoms with Gasteiger partial charge >= 0.3 is 0 Å². The molecule has 0 spiro atoms. The van der Waals surface area contributed by atoms with E-state index in [1.807, 2.05) is 0 Å². The smallest absolute Gasteiger partial charge is 0.159 e. The van der Waals surface area contributed by atoms with Crippen LogP contribution < -0.4 is 5.32 Å². The van der Waals surface area contributed by atoms with Gasteiger partial charge in [-0.3, -0.25) is 0 Å². The van der Waals surface area contributed by atoms with Crippen molar-refractivity contribution in [2.24, 2.45) is 0 Å². The zero-order valence-electron chi connectivity index (χ0n) is 11.3. The first-order valence-corrected chi connectivity index (χ1v) is 6.80. The first-order chi connectivity index (χ1) is 8.78. The highest BCUT2D eigenvalue weighted by Crippen LogP contribution is 2.14. The minimum atomic E-state index is -0.0282. The van der Waals surface area contributed by atoms with Crippen LogP contribution >= 0.6 is 0 Å². The Labute approximate surface area is 109 Å². The summed E-state index contributed by atoms with van der Waals surface area (Å²) in [5, 5.41) is 3.51. The molecule has 3 heteroatoms. The summed E-state index contributed by atoms with van der Waals surface area (Å²) in [4.78, 5) is 0. The molecule has 100 valence electrons. The number of likely N-dealkylation sites (N-methyl/N-ethyl adjacent to an activating group) is 1. The van der Waals surface area contributed by atoms with Crippen molar-refractivity contribution in [1.82, 2.24) is 5.32 Å². The molecule has 2 rings (SSSR count). The lowest BCUT2D eigenvalue weighted by atomic mass is 10.0. The average Bonchev–Trinajstić information content (AvgIpc) is 2.85. The van der Waals surface area contributed by atoms with Crippen LogP contribution in [0, 0.1) is 6.92 Å². The van der Waals surface area contributed by atoms with Gasteiger partial charge in [0.2, 0.25) is 0 Å². The maximum Gasteiger partial charge on any atom is 0.159 e. The number of nitrogens with one attached hydrogen (secondary N) is 1. The van der Waals surface area contributed by atoms with Gasteiger partial charge in [-0.2, -0.15) is 0 Å². The van der Waals surface area contributed by atoms with Gasteiger partial charge in [-0.25, -0.2) is 0 Å². The van der Waals surface area contributed by atoms with Crippen LogP contribution in [0.2, 0.25) is 0 Å². The van der Waals surface area contributed by atoms with E-state index >= 15 is 0 Å². The predicted molar refractivity (Wildman–Crippen MR) is 72.7 cm³/mol. The first kappa shape index (κ1) is 13.5. The molecule has 1 atom stereocenters. The van der Waals surface area contributed by atoms with Crippen molar-refractivity contribution in [3.05, 3.63) is 35.4 Å². The van der Waals surface area contributed by atoms with Crippen molar-refractivity contribution >= 4 is 0 Å². The monoisotopic (exact) mass is 249 g/mol. The Morgan fingerprint density at radius 2 is 1.89 bits per heavy atom. The molecule has 0 amide bonds. The van der Waals surface area contributed by atoms with E-state index in [4.69, 9.17) is 9.47 Å². The first-order valence-electron chi connectivity index (χ1n) is 6.80. The van der Waals surface area contributed by atoms with Crippen LogP contribution in [0.5, 0.6) is 0 Å². The van der Waals surface area contributed by atoms with Gasteiger partial charge in [0.15, 0.2) is 6.29 Å². The van der Waals surface area contributed by atoms with Crippen LogP contribution in [-0.2, 0) is 15.9 Å². The summed E-state index contributed by atoms with van der Waals surface area (Å²) in [6.45, 7) is 6.69. The SMILES string of the molecule is CCNC(Cc1ccc(C)cc1)CC1OCCO1. The lowest BCUT2D eigenvalue weighted by Crippen LogP contribution is -2.34. The second-order valence-corrected chi connectivity index (χ2v) is 4.85. The van der Waals surface area contributed by atoms with Gasteiger partial charge in [0.25, 0.3) is 0 Å². The fourth-order valence-corrected chi connectivity index (χ4v) is 2.31. The largest absolute Gasteiger partial charge is 0.350 e. The fourth-order valence-electron chi connectivity index (χ4n) is 2.31. The molecule has 1 unspecified atom stereocenters. The van der Waals surface area contributed by atoms with Crippen molar-refractivity contribution in [3.8, 4) is 0 Å². The van der Waals surface area contributed by atoms with Crippen LogP contribution in [0.1, 0.15) is 24.5 Å². The molecule has 1 heterocycles. The van der Waals surface area contributed by atoms with Crippen LogP contribution in [0.15, 0.2) is 24.3 Å². The Morgan fingerprint density at radius 1 is 1.22 bits per heavy atom. The van der Waals surface area contributed by atoms with Crippen LogP contribution in [0.4, 0.5) is 0 Å². The van der Waals surface area contributed by atoms with Crippen molar-refractivity contribution in [2.45, 2.75) is 39.0 Å². The number of ether oxygens (including phenoxy) is 2. The summed E-state index contributed by atoms with van der Waals surface area (Å²) in [7, 11) is 0. The van der Waals surface area contributed by atoms with Crippen LogP contribution in [0.3, 0.4) is 0 Å². The fraction of sp³-hybridized carbons (Fsp3) is 0.600. The van der Waals surface area contributed by atoms with E-state index in [0.29, 0.717) is 6.04 Å². The third-order valence-electron chi connectivity index (χ3n) is 3.26. The third-order valence-corrected chi connectivity index (χ3v) is 3.26. The molecule has 18 heavy (non-hydrogen) atoms. The molecule has 1 aliphatic rings. The van der Waals surface area contributed by atoms with E-state index in [9.17, 15) is 0 Å². The summed E-state index contributed by atoms with van der Waals surface area (Å²) in [6, 6.07) is 9.16. The number of aryl methyl sites for hydroxylation is 1. The molecule has 1 aliphatic heterocycles. The van der Waals surface area contributed by atoms with Gasteiger partial charge in [0.1, 0.15) is 0 Å². The van der Waals surface area contributed by atoms with Gasteiger partial charge in [-0.05, 0) is 25.5 Å². The van der Waals surface area contributed by atoms with Gasteiger partial charge in [-0.1, -0.05) is 36.8 Å². The number of rotatable bonds is 6. The second-order valence-electron chi connectivity index (χ2n) is 4.85. The Kier molecular flexibility index (Phi) is 5.17. The molecule has 0 aromatic heterocycles. The highest BCUT2D eigenvalue weighted by molar-refractivity contribution is 5.22. The summed E-state index contributed by atoms with van der Waals surface area (Å²) >= 11 is 0. The van der Waals surface area contributed by atoms with E-state index < -0.39 is 0 Å². The Hall–Kier alpha value is -0.900. The maximum absolute atomic E-state index is 5.52. The third kappa shape index (κ3) is 4.09. The minimum Gasteiger partial charge on any atom is -0.350 e. The highest BCUT2D eigenvalue weighted by atomic mass is 16.7. The number of hydrogen-bond acceptors (Lipinski definition) is 3. The van der Waals surface area contributed by atoms with Gasteiger partial charge in [0, 0.05) is 12.5 Å². The molecular formula is C15H23NO2. The van der Waals surface area contributed by atoms with Crippen molar-refractivity contribution in [1.29, 1.82) is 0 Å². The topological polar surface area (TPSA) is 30.5 Å². The molecular weight excluding hydrogens is 226 g/mol. The summed E-state index contributed by atoms with van der Waals surface area (Å²) < 4.78 is 11.0. The van der Waals surface area contributed by atoms with E-state index in [0.717, 1.165) is 32.6 Å². The number of benzene rings is 1.